The highest BCUT2D eigenvalue weighted by Crippen LogP contribution is 2.32. The number of amides is 3. The van der Waals surface area contributed by atoms with Crippen LogP contribution in [0, 0.1) is 6.92 Å². The molecule has 0 atom stereocenters. The van der Waals surface area contributed by atoms with Gasteiger partial charge >= 0.3 is 0 Å². The van der Waals surface area contributed by atoms with E-state index in [1.807, 2.05) is 58.9 Å². The SMILES string of the molecule is Cc1ccc(/C=C2\SC(=O)N(CC(=O)N(C(C)C)C(C)C)C2=O)cc1. The molecule has 134 valence electrons. The number of imide groups is 1. The Kier molecular flexibility index (Phi) is 6.06. The first-order valence-electron chi connectivity index (χ1n) is 8.34. The van der Waals surface area contributed by atoms with E-state index in [9.17, 15) is 14.4 Å². The summed E-state index contributed by atoms with van der Waals surface area (Å²) in [6.07, 6.45) is 1.69. The minimum atomic E-state index is -0.406. The lowest BCUT2D eigenvalue weighted by molar-refractivity contribution is -0.138. The highest BCUT2D eigenvalue weighted by Gasteiger charge is 2.37. The molecule has 1 saturated heterocycles. The summed E-state index contributed by atoms with van der Waals surface area (Å²) in [6.45, 7) is 9.45. The Morgan fingerprint density at radius 2 is 1.68 bits per heavy atom. The van der Waals surface area contributed by atoms with Gasteiger partial charge in [0.25, 0.3) is 11.1 Å². The molecule has 3 amide bonds. The maximum atomic E-state index is 12.5. The van der Waals surface area contributed by atoms with Gasteiger partial charge in [0.15, 0.2) is 0 Å². The molecule has 5 nitrogen and oxygen atoms in total. The molecule has 0 saturated carbocycles. The molecule has 0 radical (unpaired) electrons. The van der Waals surface area contributed by atoms with Crippen molar-refractivity contribution in [3.05, 3.63) is 40.3 Å². The average molecular weight is 360 g/mol. The molecular weight excluding hydrogens is 336 g/mol. The summed E-state index contributed by atoms with van der Waals surface area (Å²) in [7, 11) is 0. The van der Waals surface area contributed by atoms with Crippen LogP contribution in [0.4, 0.5) is 4.79 Å². The maximum absolute atomic E-state index is 12.5. The van der Waals surface area contributed by atoms with E-state index < -0.39 is 11.1 Å². The van der Waals surface area contributed by atoms with Crippen LogP contribution in [-0.4, -0.2) is 45.5 Å². The van der Waals surface area contributed by atoms with Crippen molar-refractivity contribution in [2.45, 2.75) is 46.7 Å². The third-order valence-electron chi connectivity index (χ3n) is 3.94. The third-order valence-corrected chi connectivity index (χ3v) is 4.85. The van der Waals surface area contributed by atoms with Crippen LogP contribution in [-0.2, 0) is 9.59 Å². The fourth-order valence-electron chi connectivity index (χ4n) is 2.84. The number of nitrogens with zero attached hydrogens (tertiary/aromatic N) is 2. The Balaban J connectivity index is 2.15. The first-order chi connectivity index (χ1) is 11.7. The number of hydrogen-bond acceptors (Lipinski definition) is 4. The van der Waals surface area contributed by atoms with Crippen molar-refractivity contribution in [1.82, 2.24) is 9.80 Å². The molecule has 0 aromatic heterocycles. The van der Waals surface area contributed by atoms with E-state index in [-0.39, 0.29) is 24.5 Å². The largest absolute Gasteiger partial charge is 0.336 e. The van der Waals surface area contributed by atoms with Gasteiger partial charge in [-0.05, 0) is 58.0 Å². The van der Waals surface area contributed by atoms with Gasteiger partial charge in [0, 0.05) is 12.1 Å². The molecule has 0 bridgehead atoms. The van der Waals surface area contributed by atoms with E-state index in [1.165, 1.54) is 0 Å². The van der Waals surface area contributed by atoms with Gasteiger partial charge in [-0.1, -0.05) is 29.8 Å². The van der Waals surface area contributed by atoms with Gasteiger partial charge in [-0.15, -0.1) is 0 Å². The maximum Gasteiger partial charge on any atom is 0.294 e. The van der Waals surface area contributed by atoms with Crippen LogP contribution in [0.2, 0.25) is 0 Å². The second kappa shape index (κ2) is 7.87. The van der Waals surface area contributed by atoms with E-state index >= 15 is 0 Å². The third kappa shape index (κ3) is 4.51. The predicted octanol–water partition coefficient (Wildman–Crippen LogP) is 3.68. The fraction of sp³-hybridized carbons (Fsp3) is 0.421. The zero-order valence-electron chi connectivity index (χ0n) is 15.3. The zero-order chi connectivity index (χ0) is 18.7. The Morgan fingerprint density at radius 1 is 1.12 bits per heavy atom. The van der Waals surface area contributed by atoms with Crippen LogP contribution in [0.25, 0.3) is 6.08 Å². The Hall–Kier alpha value is -2.08. The van der Waals surface area contributed by atoms with Gasteiger partial charge < -0.3 is 4.90 Å². The molecule has 0 aliphatic carbocycles. The van der Waals surface area contributed by atoms with E-state index in [1.54, 1.807) is 11.0 Å². The Bertz CT molecular complexity index is 700. The van der Waals surface area contributed by atoms with E-state index in [4.69, 9.17) is 0 Å². The second-order valence-corrected chi connectivity index (χ2v) is 7.66. The minimum absolute atomic E-state index is 0.00975. The molecule has 1 heterocycles. The smallest absolute Gasteiger partial charge is 0.294 e. The Morgan fingerprint density at radius 3 is 2.20 bits per heavy atom. The van der Waals surface area contributed by atoms with Gasteiger partial charge in [0.05, 0.1) is 4.91 Å². The lowest BCUT2D eigenvalue weighted by atomic mass is 10.1. The molecule has 6 heteroatoms. The van der Waals surface area contributed by atoms with Gasteiger partial charge in [0.1, 0.15) is 6.54 Å². The van der Waals surface area contributed by atoms with E-state index in [0.29, 0.717) is 4.91 Å². The topological polar surface area (TPSA) is 57.7 Å². The zero-order valence-corrected chi connectivity index (χ0v) is 16.1. The molecule has 1 aromatic carbocycles. The van der Waals surface area contributed by atoms with Crippen molar-refractivity contribution in [3.8, 4) is 0 Å². The molecule has 1 aliphatic rings. The molecule has 0 unspecified atom stereocenters. The predicted molar refractivity (Wildman–Crippen MR) is 101 cm³/mol. The number of carbonyl (C=O) groups is 3. The second-order valence-electron chi connectivity index (χ2n) is 6.67. The quantitative estimate of drug-likeness (QED) is 0.752. The van der Waals surface area contributed by atoms with Crippen LogP contribution in [0.15, 0.2) is 29.2 Å². The van der Waals surface area contributed by atoms with Crippen molar-refractivity contribution in [2.24, 2.45) is 0 Å². The highest BCUT2D eigenvalue weighted by molar-refractivity contribution is 8.18. The van der Waals surface area contributed by atoms with Crippen molar-refractivity contribution < 1.29 is 14.4 Å². The summed E-state index contributed by atoms with van der Waals surface area (Å²) >= 11 is 0.879. The van der Waals surface area contributed by atoms with Crippen LogP contribution in [0.3, 0.4) is 0 Å². The Labute approximate surface area is 153 Å². The molecule has 0 N–H and O–H groups in total. The minimum Gasteiger partial charge on any atom is -0.336 e. The van der Waals surface area contributed by atoms with Gasteiger partial charge in [-0.2, -0.15) is 0 Å². The molecule has 0 spiro atoms. The van der Waals surface area contributed by atoms with Crippen molar-refractivity contribution in [2.75, 3.05) is 6.54 Å². The number of benzene rings is 1. The number of hydrogen-bond donors (Lipinski definition) is 0. The summed E-state index contributed by atoms with van der Waals surface area (Å²) in [6, 6.07) is 7.71. The van der Waals surface area contributed by atoms with Crippen LogP contribution < -0.4 is 0 Å². The fourth-order valence-corrected chi connectivity index (χ4v) is 3.68. The molecule has 1 aliphatic heterocycles. The van der Waals surface area contributed by atoms with Gasteiger partial charge in [0.2, 0.25) is 5.91 Å². The van der Waals surface area contributed by atoms with Crippen LogP contribution in [0.1, 0.15) is 38.8 Å². The monoisotopic (exact) mass is 360 g/mol. The highest BCUT2D eigenvalue weighted by atomic mass is 32.2. The number of carbonyl (C=O) groups excluding carboxylic acids is 3. The normalized spacial score (nSPS) is 16.4. The average Bonchev–Trinajstić information content (AvgIpc) is 2.76. The van der Waals surface area contributed by atoms with E-state index in [0.717, 1.165) is 27.8 Å². The first kappa shape index (κ1) is 19.2. The number of thioether (sulfide) groups is 1. The summed E-state index contributed by atoms with van der Waals surface area (Å²) in [5.74, 6) is -0.625. The van der Waals surface area contributed by atoms with Gasteiger partial charge in [-0.3, -0.25) is 19.3 Å². The number of rotatable bonds is 5. The van der Waals surface area contributed by atoms with Crippen molar-refractivity contribution >= 4 is 34.9 Å². The molecule has 1 aromatic rings. The van der Waals surface area contributed by atoms with Crippen molar-refractivity contribution in [3.63, 3.8) is 0 Å². The molecule has 1 fully saturated rings. The summed E-state index contributed by atoms with van der Waals surface area (Å²) in [4.78, 5) is 40.3. The summed E-state index contributed by atoms with van der Waals surface area (Å²) in [5, 5.41) is -0.399. The first-order valence-corrected chi connectivity index (χ1v) is 9.15. The molecule has 2 rings (SSSR count). The van der Waals surface area contributed by atoms with Gasteiger partial charge in [-0.25, -0.2) is 0 Å². The summed E-state index contributed by atoms with van der Waals surface area (Å²) in [5.41, 5.74) is 1.98. The number of aryl methyl sites for hydroxylation is 1. The standard InChI is InChI=1S/C19H24N2O3S/c1-12(2)21(13(3)4)17(22)11-20-18(23)16(25-19(20)24)10-15-8-6-14(5)7-9-15/h6-10,12-13H,11H2,1-5H3/b16-10-. The van der Waals surface area contributed by atoms with Crippen molar-refractivity contribution in [1.29, 1.82) is 0 Å². The lowest BCUT2D eigenvalue weighted by Crippen LogP contribution is -2.48. The van der Waals surface area contributed by atoms with E-state index in [2.05, 4.69) is 0 Å². The van der Waals surface area contributed by atoms with Crippen LogP contribution in [0.5, 0.6) is 0 Å². The van der Waals surface area contributed by atoms with Crippen LogP contribution >= 0.6 is 11.8 Å². The lowest BCUT2D eigenvalue weighted by Gasteiger charge is -2.31. The summed E-state index contributed by atoms with van der Waals surface area (Å²) < 4.78 is 0. The molecular formula is C19H24N2O3S. The molecule has 25 heavy (non-hydrogen) atoms.